The van der Waals surface area contributed by atoms with Gasteiger partial charge in [-0.15, -0.1) is 0 Å². The van der Waals surface area contributed by atoms with E-state index in [1.807, 2.05) is 0 Å². The number of carbonyl (C=O) groups is 2. The summed E-state index contributed by atoms with van der Waals surface area (Å²) in [6, 6.07) is 5.38. The number of amides is 3. The molecular weight excluding hydrogens is 397 g/mol. The van der Waals surface area contributed by atoms with Gasteiger partial charge in [0, 0.05) is 25.1 Å². The van der Waals surface area contributed by atoms with E-state index in [0.717, 1.165) is 16.4 Å². The van der Waals surface area contributed by atoms with Crippen LogP contribution in [-0.4, -0.2) is 38.5 Å². The summed E-state index contributed by atoms with van der Waals surface area (Å²) in [4.78, 5) is 27.5. The summed E-state index contributed by atoms with van der Waals surface area (Å²) in [6.07, 6.45) is 7.90. The Balaban J connectivity index is 0.000000426. The second-order valence-corrected chi connectivity index (χ2v) is 7.47. The summed E-state index contributed by atoms with van der Waals surface area (Å²) in [5, 5.41) is 14.1. The van der Waals surface area contributed by atoms with Crippen LogP contribution in [0.15, 0.2) is 24.3 Å². The van der Waals surface area contributed by atoms with Gasteiger partial charge in [-0.3, -0.25) is 5.32 Å². The van der Waals surface area contributed by atoms with Gasteiger partial charge in [-0.25, -0.2) is 19.0 Å². The van der Waals surface area contributed by atoms with Crippen LogP contribution in [0.5, 0.6) is 0 Å². The number of carboxylic acid groups (broad SMARTS) is 1. The molecular formula is C19H26FN5O3S. The van der Waals surface area contributed by atoms with Crippen LogP contribution in [0, 0.1) is 5.82 Å². The lowest BCUT2D eigenvalue weighted by atomic mass is 10.0. The van der Waals surface area contributed by atoms with Crippen LogP contribution in [0.1, 0.15) is 49.9 Å². The Kier molecular flexibility index (Phi) is 9.29. The third-order valence-corrected chi connectivity index (χ3v) is 4.90. The highest BCUT2D eigenvalue weighted by Crippen LogP contribution is 2.15. The van der Waals surface area contributed by atoms with E-state index in [1.165, 1.54) is 57.7 Å². The van der Waals surface area contributed by atoms with Crippen molar-refractivity contribution in [3.05, 3.63) is 41.5 Å². The Morgan fingerprint density at radius 1 is 1.21 bits per heavy atom. The molecule has 1 aliphatic rings. The molecule has 0 radical (unpaired) electrons. The Hall–Kier alpha value is -2.75. The molecule has 0 spiro atoms. The van der Waals surface area contributed by atoms with Crippen molar-refractivity contribution < 1.29 is 19.1 Å². The summed E-state index contributed by atoms with van der Waals surface area (Å²) in [5.74, 6) is -0.0821. The number of nitrogens with one attached hydrogen (secondary N) is 2. The molecule has 3 amide bonds. The molecule has 0 atom stereocenters. The first kappa shape index (κ1) is 22.5. The van der Waals surface area contributed by atoms with Crippen molar-refractivity contribution in [1.29, 1.82) is 0 Å². The molecule has 1 aliphatic carbocycles. The molecule has 0 bridgehead atoms. The topological polar surface area (TPSA) is 107 Å². The van der Waals surface area contributed by atoms with Gasteiger partial charge >= 0.3 is 12.1 Å². The predicted octanol–water partition coefficient (Wildman–Crippen LogP) is 4.45. The molecule has 2 aromatic rings. The van der Waals surface area contributed by atoms with E-state index in [1.54, 1.807) is 12.1 Å². The van der Waals surface area contributed by atoms with Crippen LogP contribution in [0.4, 0.5) is 19.1 Å². The van der Waals surface area contributed by atoms with Gasteiger partial charge in [0.1, 0.15) is 5.82 Å². The Morgan fingerprint density at radius 3 is 2.45 bits per heavy atom. The number of carbonyl (C=O) groups excluding carboxylic acids is 1. The van der Waals surface area contributed by atoms with Crippen LogP contribution in [0.2, 0.25) is 0 Å². The van der Waals surface area contributed by atoms with E-state index in [-0.39, 0.29) is 24.0 Å². The van der Waals surface area contributed by atoms with E-state index in [2.05, 4.69) is 20.0 Å². The monoisotopic (exact) mass is 423 g/mol. The largest absolute Gasteiger partial charge is 0.465 e. The molecule has 29 heavy (non-hydrogen) atoms. The molecule has 1 aromatic heterocycles. The highest BCUT2D eigenvalue weighted by Gasteiger charge is 2.12. The number of hydrogen-bond acceptors (Lipinski definition) is 5. The summed E-state index contributed by atoms with van der Waals surface area (Å²) >= 11 is 0.943. The number of benzene rings is 1. The molecule has 8 nitrogen and oxygen atoms in total. The lowest BCUT2D eigenvalue weighted by Gasteiger charge is -2.09. The Bertz CT molecular complexity index is 786. The maximum absolute atomic E-state index is 13.0. The summed E-state index contributed by atoms with van der Waals surface area (Å²) in [6.45, 7) is 0.190. The van der Waals surface area contributed by atoms with Gasteiger partial charge in [0.05, 0.1) is 6.54 Å². The van der Waals surface area contributed by atoms with Gasteiger partial charge in [-0.1, -0.05) is 50.7 Å². The lowest BCUT2D eigenvalue weighted by molar-refractivity contribution is 0.153. The van der Waals surface area contributed by atoms with Crippen LogP contribution in [0.25, 0.3) is 0 Å². The van der Waals surface area contributed by atoms with Crippen molar-refractivity contribution in [1.82, 2.24) is 19.6 Å². The SMILES string of the molecule is C1CCCCC1.CN(Cc1nsc(NC(=O)NCc2cccc(F)c2)n1)C(=O)O. The summed E-state index contributed by atoms with van der Waals surface area (Å²) < 4.78 is 17.0. The van der Waals surface area contributed by atoms with Crippen molar-refractivity contribution in [2.24, 2.45) is 0 Å². The number of halogens is 1. The smallest absolute Gasteiger partial charge is 0.407 e. The van der Waals surface area contributed by atoms with Crippen molar-refractivity contribution in [3.8, 4) is 0 Å². The number of anilines is 1. The van der Waals surface area contributed by atoms with Crippen LogP contribution >= 0.6 is 11.5 Å². The molecule has 0 aliphatic heterocycles. The van der Waals surface area contributed by atoms with Gasteiger partial charge < -0.3 is 15.3 Å². The zero-order valence-electron chi connectivity index (χ0n) is 16.4. The van der Waals surface area contributed by atoms with Crippen molar-refractivity contribution in [2.45, 2.75) is 51.6 Å². The minimum absolute atomic E-state index is 0.0262. The number of aromatic nitrogens is 2. The molecule has 158 valence electrons. The standard InChI is InChI=1S/C13H14FN5O3S.C6H12/c1-19(13(21)22)7-10-16-12(23-18-10)17-11(20)15-6-8-3-2-4-9(14)5-8;1-2-4-6-5-3-1/h2-5H,6-7H2,1H3,(H,21,22)(H2,15,16,17,18,20);1-6H2. The van der Waals surface area contributed by atoms with Gasteiger partial charge in [0.2, 0.25) is 5.13 Å². The summed E-state index contributed by atoms with van der Waals surface area (Å²) in [7, 11) is 1.39. The maximum atomic E-state index is 13.0. The van der Waals surface area contributed by atoms with E-state index >= 15 is 0 Å². The minimum atomic E-state index is -1.10. The number of hydrogen-bond donors (Lipinski definition) is 3. The first-order valence-corrected chi connectivity index (χ1v) is 10.3. The normalized spacial score (nSPS) is 13.0. The van der Waals surface area contributed by atoms with Crippen LogP contribution in [0.3, 0.4) is 0 Å². The number of rotatable bonds is 5. The fourth-order valence-electron chi connectivity index (χ4n) is 2.68. The van der Waals surface area contributed by atoms with E-state index in [4.69, 9.17) is 5.11 Å². The zero-order chi connectivity index (χ0) is 21.1. The second-order valence-electron chi connectivity index (χ2n) is 6.71. The fourth-order valence-corrected chi connectivity index (χ4v) is 3.25. The molecule has 3 N–H and O–H groups in total. The maximum Gasteiger partial charge on any atom is 0.407 e. The van der Waals surface area contributed by atoms with Gasteiger partial charge in [0.25, 0.3) is 0 Å². The Labute approximate surface area is 173 Å². The minimum Gasteiger partial charge on any atom is -0.465 e. The highest BCUT2D eigenvalue weighted by atomic mass is 32.1. The highest BCUT2D eigenvalue weighted by molar-refractivity contribution is 7.09. The molecule has 0 unspecified atom stereocenters. The zero-order valence-corrected chi connectivity index (χ0v) is 17.2. The van der Waals surface area contributed by atoms with Crippen molar-refractivity contribution >= 4 is 28.8 Å². The quantitative estimate of drug-likeness (QED) is 0.659. The average Bonchev–Trinajstić information content (AvgIpc) is 3.15. The molecule has 0 saturated heterocycles. The molecule has 1 heterocycles. The average molecular weight is 424 g/mol. The lowest BCUT2D eigenvalue weighted by Crippen LogP contribution is -2.28. The summed E-state index contributed by atoms with van der Waals surface area (Å²) in [5.41, 5.74) is 0.626. The van der Waals surface area contributed by atoms with Gasteiger partial charge in [-0.05, 0) is 17.7 Å². The molecule has 10 heteroatoms. The number of nitrogens with zero attached hydrogens (tertiary/aromatic N) is 3. The van der Waals surface area contributed by atoms with E-state index in [0.29, 0.717) is 11.4 Å². The molecule has 3 rings (SSSR count). The van der Waals surface area contributed by atoms with Gasteiger partial charge in [-0.2, -0.15) is 4.37 Å². The van der Waals surface area contributed by atoms with Crippen molar-refractivity contribution in [3.63, 3.8) is 0 Å². The number of urea groups is 1. The van der Waals surface area contributed by atoms with Crippen molar-refractivity contribution in [2.75, 3.05) is 12.4 Å². The third kappa shape index (κ3) is 8.86. The molecule has 1 aromatic carbocycles. The fraction of sp³-hybridized carbons (Fsp3) is 0.474. The third-order valence-electron chi connectivity index (χ3n) is 4.24. The van der Waals surface area contributed by atoms with E-state index < -0.39 is 12.1 Å². The Morgan fingerprint density at radius 2 is 1.86 bits per heavy atom. The first-order chi connectivity index (χ1) is 13.9. The molecule has 1 saturated carbocycles. The predicted molar refractivity (Wildman–Crippen MR) is 109 cm³/mol. The second kappa shape index (κ2) is 11.9. The van der Waals surface area contributed by atoms with E-state index in [9.17, 15) is 14.0 Å². The first-order valence-electron chi connectivity index (χ1n) is 9.50. The van der Waals surface area contributed by atoms with Crippen LogP contribution < -0.4 is 10.6 Å². The van der Waals surface area contributed by atoms with Crippen LogP contribution in [-0.2, 0) is 13.1 Å². The molecule has 1 fully saturated rings. The van der Waals surface area contributed by atoms with Gasteiger partial charge in [0.15, 0.2) is 5.82 Å².